The molecular formula is C24H24N4O3S. The molecule has 0 fully saturated rings. The van der Waals surface area contributed by atoms with Crippen LogP contribution in [0.15, 0.2) is 42.5 Å². The zero-order valence-electron chi connectivity index (χ0n) is 18.1. The number of rotatable bonds is 5. The summed E-state index contributed by atoms with van der Waals surface area (Å²) in [7, 11) is 1.65. The van der Waals surface area contributed by atoms with Crippen molar-refractivity contribution in [3.63, 3.8) is 0 Å². The largest absolute Gasteiger partial charge is 0.496 e. The Morgan fingerprint density at radius 2 is 2.09 bits per heavy atom. The number of aryl methyl sites for hydroxylation is 3. The molecule has 0 atom stereocenters. The third-order valence-electron chi connectivity index (χ3n) is 5.64. The van der Waals surface area contributed by atoms with Gasteiger partial charge in [-0.1, -0.05) is 6.07 Å². The first-order chi connectivity index (χ1) is 15.6. The number of carbonyl (C=O) groups excluding carboxylic acids is 1. The van der Waals surface area contributed by atoms with Crippen LogP contribution in [-0.2, 0) is 24.3 Å². The van der Waals surface area contributed by atoms with Crippen LogP contribution in [0.5, 0.6) is 5.75 Å². The topological polar surface area (TPSA) is 78.3 Å². The first-order valence-corrected chi connectivity index (χ1v) is 11.4. The highest BCUT2D eigenvalue weighted by Gasteiger charge is 2.16. The van der Waals surface area contributed by atoms with E-state index in [1.165, 1.54) is 24.4 Å². The molecule has 1 amide bonds. The van der Waals surface area contributed by atoms with Gasteiger partial charge in [0.05, 0.1) is 28.7 Å². The van der Waals surface area contributed by atoms with Gasteiger partial charge in [-0.25, -0.2) is 9.78 Å². The van der Waals surface area contributed by atoms with Gasteiger partial charge in [0.15, 0.2) is 0 Å². The maximum atomic E-state index is 12.3. The van der Waals surface area contributed by atoms with Crippen molar-refractivity contribution >= 4 is 34.3 Å². The van der Waals surface area contributed by atoms with Gasteiger partial charge in [0.25, 0.3) is 0 Å². The highest BCUT2D eigenvalue weighted by molar-refractivity contribution is 7.06. The Bertz CT molecular complexity index is 1290. The normalized spacial score (nSPS) is 13.1. The number of ether oxygens (including phenoxy) is 2. The maximum Gasteiger partial charge on any atom is 0.411 e. The van der Waals surface area contributed by atoms with E-state index in [2.05, 4.69) is 14.3 Å². The Morgan fingerprint density at radius 1 is 1.19 bits per heavy atom. The molecule has 4 aromatic rings. The van der Waals surface area contributed by atoms with Gasteiger partial charge in [-0.15, -0.1) is 0 Å². The molecule has 0 radical (unpaired) electrons. The van der Waals surface area contributed by atoms with Crippen LogP contribution < -0.4 is 10.1 Å². The van der Waals surface area contributed by atoms with Gasteiger partial charge in [-0.3, -0.25) is 5.32 Å². The Kier molecular flexibility index (Phi) is 5.53. The van der Waals surface area contributed by atoms with Gasteiger partial charge in [0, 0.05) is 24.2 Å². The zero-order valence-corrected chi connectivity index (χ0v) is 18.9. The zero-order chi connectivity index (χ0) is 22.1. The maximum absolute atomic E-state index is 12.3. The molecule has 5 rings (SSSR count). The van der Waals surface area contributed by atoms with Crippen LogP contribution in [0.2, 0.25) is 0 Å². The molecule has 32 heavy (non-hydrogen) atoms. The van der Waals surface area contributed by atoms with Crippen molar-refractivity contribution < 1.29 is 14.3 Å². The number of hydrogen-bond donors (Lipinski definition) is 1. The molecule has 1 aliphatic heterocycles. The Labute approximate surface area is 190 Å². The number of imidazole rings is 1. The van der Waals surface area contributed by atoms with Gasteiger partial charge in [0.1, 0.15) is 18.2 Å². The van der Waals surface area contributed by atoms with E-state index in [1.807, 2.05) is 49.4 Å². The van der Waals surface area contributed by atoms with Crippen molar-refractivity contribution in [1.29, 1.82) is 0 Å². The summed E-state index contributed by atoms with van der Waals surface area (Å²) in [4.78, 5) is 17.9. The number of carbonyl (C=O) groups is 1. The highest BCUT2D eigenvalue weighted by atomic mass is 32.1. The molecule has 164 valence electrons. The second-order valence-electron chi connectivity index (χ2n) is 7.92. The van der Waals surface area contributed by atoms with Gasteiger partial charge in [-0.05, 0) is 73.3 Å². The summed E-state index contributed by atoms with van der Waals surface area (Å²) in [6.07, 6.45) is 2.86. The van der Waals surface area contributed by atoms with E-state index in [0.717, 1.165) is 57.3 Å². The number of benzene rings is 2. The highest BCUT2D eigenvalue weighted by Crippen LogP contribution is 2.32. The SMILES string of the molecule is COc1cc(C)ccc1-c1cc(COC(=O)Nc2ccc3c(c2)nc2n3CCCC2)sn1. The fourth-order valence-electron chi connectivity index (χ4n) is 4.06. The lowest BCUT2D eigenvalue weighted by atomic mass is 10.1. The molecule has 0 unspecified atom stereocenters. The number of anilines is 1. The molecule has 0 bridgehead atoms. The predicted octanol–water partition coefficient (Wildman–Crippen LogP) is 5.56. The lowest BCUT2D eigenvalue weighted by Crippen LogP contribution is -2.13. The third kappa shape index (κ3) is 4.05. The van der Waals surface area contributed by atoms with E-state index in [4.69, 9.17) is 14.5 Å². The van der Waals surface area contributed by atoms with E-state index in [0.29, 0.717) is 5.69 Å². The van der Waals surface area contributed by atoms with E-state index >= 15 is 0 Å². The molecule has 7 nitrogen and oxygen atoms in total. The average Bonchev–Trinajstić information content (AvgIpc) is 3.41. The minimum Gasteiger partial charge on any atom is -0.496 e. The molecule has 0 saturated heterocycles. The lowest BCUT2D eigenvalue weighted by Gasteiger charge is -2.13. The average molecular weight is 449 g/mol. The molecule has 2 aromatic carbocycles. The summed E-state index contributed by atoms with van der Waals surface area (Å²) in [6.45, 7) is 3.18. The molecule has 8 heteroatoms. The van der Waals surface area contributed by atoms with Crippen molar-refractivity contribution in [1.82, 2.24) is 13.9 Å². The van der Waals surface area contributed by atoms with Crippen LogP contribution in [0.1, 0.15) is 29.1 Å². The van der Waals surface area contributed by atoms with Crippen molar-refractivity contribution in [3.8, 4) is 17.0 Å². The quantitative estimate of drug-likeness (QED) is 0.432. The number of fused-ring (bicyclic) bond motifs is 3. The molecule has 1 aliphatic rings. The van der Waals surface area contributed by atoms with Crippen LogP contribution in [0, 0.1) is 6.92 Å². The Hall–Kier alpha value is -3.39. The lowest BCUT2D eigenvalue weighted by molar-refractivity contribution is 0.156. The summed E-state index contributed by atoms with van der Waals surface area (Å²) >= 11 is 1.31. The van der Waals surface area contributed by atoms with E-state index in [9.17, 15) is 4.79 Å². The minimum absolute atomic E-state index is 0.151. The van der Waals surface area contributed by atoms with Crippen LogP contribution in [0.3, 0.4) is 0 Å². The molecule has 1 N–H and O–H groups in total. The second-order valence-corrected chi connectivity index (χ2v) is 8.81. The summed E-state index contributed by atoms with van der Waals surface area (Å²) in [5.74, 6) is 1.90. The van der Waals surface area contributed by atoms with Crippen molar-refractivity contribution in [3.05, 3.63) is 58.7 Å². The first kappa shape index (κ1) is 20.5. The smallest absolute Gasteiger partial charge is 0.411 e. The van der Waals surface area contributed by atoms with Crippen LogP contribution in [0.25, 0.3) is 22.3 Å². The van der Waals surface area contributed by atoms with Crippen molar-refractivity contribution in [2.24, 2.45) is 0 Å². The van der Waals surface area contributed by atoms with E-state index < -0.39 is 6.09 Å². The molecular weight excluding hydrogens is 424 g/mol. The molecule has 0 spiro atoms. The molecule has 3 heterocycles. The van der Waals surface area contributed by atoms with Gasteiger partial charge in [-0.2, -0.15) is 4.37 Å². The van der Waals surface area contributed by atoms with Crippen molar-refractivity contribution in [2.75, 3.05) is 12.4 Å². The Morgan fingerprint density at radius 3 is 2.97 bits per heavy atom. The summed E-state index contributed by atoms with van der Waals surface area (Å²) < 4.78 is 17.6. The number of methoxy groups -OCH3 is 1. The molecule has 0 saturated carbocycles. The number of nitrogens with one attached hydrogen (secondary N) is 1. The summed E-state index contributed by atoms with van der Waals surface area (Å²) in [6, 6.07) is 13.7. The van der Waals surface area contributed by atoms with Gasteiger partial charge in [0.2, 0.25) is 0 Å². The number of hydrogen-bond acceptors (Lipinski definition) is 6. The second kappa shape index (κ2) is 8.63. The van der Waals surface area contributed by atoms with E-state index in [-0.39, 0.29) is 6.61 Å². The number of aromatic nitrogens is 3. The first-order valence-electron chi connectivity index (χ1n) is 10.6. The third-order valence-corrected chi connectivity index (χ3v) is 6.40. The predicted molar refractivity (Wildman–Crippen MR) is 125 cm³/mol. The van der Waals surface area contributed by atoms with Gasteiger partial charge < -0.3 is 14.0 Å². The summed E-state index contributed by atoms with van der Waals surface area (Å²) in [5, 5.41) is 2.80. The Balaban J connectivity index is 1.23. The minimum atomic E-state index is -0.504. The van der Waals surface area contributed by atoms with Gasteiger partial charge >= 0.3 is 6.09 Å². The molecule has 0 aliphatic carbocycles. The number of amides is 1. The monoisotopic (exact) mass is 448 g/mol. The fourth-order valence-corrected chi connectivity index (χ4v) is 4.70. The fraction of sp³-hybridized carbons (Fsp3) is 0.292. The van der Waals surface area contributed by atoms with Crippen LogP contribution >= 0.6 is 11.5 Å². The van der Waals surface area contributed by atoms with Crippen LogP contribution in [0.4, 0.5) is 10.5 Å². The van der Waals surface area contributed by atoms with E-state index in [1.54, 1.807) is 7.11 Å². The van der Waals surface area contributed by atoms with Crippen molar-refractivity contribution in [2.45, 2.75) is 39.3 Å². The number of nitrogens with zero attached hydrogens (tertiary/aromatic N) is 3. The standard InChI is InChI=1S/C24H24N4O3S/c1-15-6-8-18(22(11-15)30-2)19-13-17(32-27-19)14-31-24(29)25-16-7-9-21-20(12-16)26-23-5-3-4-10-28(21)23/h6-9,11-13H,3-5,10,14H2,1-2H3,(H,25,29). The molecule has 2 aromatic heterocycles. The van der Waals surface area contributed by atoms with Crippen LogP contribution in [-0.4, -0.2) is 27.1 Å². The summed E-state index contributed by atoms with van der Waals surface area (Å²) in [5.41, 5.74) is 5.53.